The zero-order valence-electron chi connectivity index (χ0n) is 12.0. The lowest BCUT2D eigenvalue weighted by Crippen LogP contribution is -2.49. The maximum atomic E-state index is 13.0. The number of hydrogen-bond acceptors (Lipinski definition) is 4. The van der Waals surface area contributed by atoms with E-state index in [1.54, 1.807) is 24.3 Å². The second-order valence-electron chi connectivity index (χ2n) is 5.26. The smallest absolute Gasteiger partial charge is 0.328 e. The highest BCUT2D eigenvalue weighted by atomic mass is 19.1. The van der Waals surface area contributed by atoms with E-state index in [1.165, 1.54) is 18.4 Å². The third kappa shape index (κ3) is 2.96. The molecule has 1 saturated heterocycles. The predicted molar refractivity (Wildman–Crippen MR) is 79.3 cm³/mol. The van der Waals surface area contributed by atoms with Gasteiger partial charge in [0.2, 0.25) is 0 Å². The molecular weight excluding hydrogens is 287 g/mol. The Kier molecular flexibility index (Phi) is 4.11. The van der Waals surface area contributed by atoms with E-state index in [0.717, 1.165) is 5.69 Å². The molecule has 1 fully saturated rings. The summed E-state index contributed by atoms with van der Waals surface area (Å²) in [7, 11) is 0. The van der Waals surface area contributed by atoms with Crippen molar-refractivity contribution in [2.75, 3.05) is 31.1 Å². The molecule has 0 bridgehead atoms. The van der Waals surface area contributed by atoms with Crippen molar-refractivity contribution in [3.63, 3.8) is 0 Å². The van der Waals surface area contributed by atoms with Crippen LogP contribution in [0.25, 0.3) is 0 Å². The summed E-state index contributed by atoms with van der Waals surface area (Å²) in [5, 5.41) is 9.45. The number of piperazine rings is 1. The van der Waals surface area contributed by atoms with Gasteiger partial charge in [0.15, 0.2) is 6.04 Å². The van der Waals surface area contributed by atoms with E-state index in [4.69, 9.17) is 4.42 Å². The Morgan fingerprint density at radius 1 is 1.14 bits per heavy atom. The van der Waals surface area contributed by atoms with Crippen LogP contribution in [0, 0.1) is 5.82 Å². The first-order valence-corrected chi connectivity index (χ1v) is 7.16. The molecule has 0 spiro atoms. The van der Waals surface area contributed by atoms with Crippen LogP contribution in [-0.4, -0.2) is 42.2 Å². The zero-order valence-corrected chi connectivity index (χ0v) is 12.0. The fourth-order valence-electron chi connectivity index (χ4n) is 2.79. The summed E-state index contributed by atoms with van der Waals surface area (Å²) in [6.45, 7) is 2.59. The van der Waals surface area contributed by atoms with Crippen molar-refractivity contribution in [2.45, 2.75) is 6.04 Å². The molecule has 0 amide bonds. The minimum atomic E-state index is -0.912. The van der Waals surface area contributed by atoms with Crippen molar-refractivity contribution in [2.24, 2.45) is 0 Å². The lowest BCUT2D eigenvalue weighted by molar-refractivity contribution is -0.144. The third-order valence-corrected chi connectivity index (χ3v) is 3.92. The summed E-state index contributed by atoms with van der Waals surface area (Å²) >= 11 is 0. The standard InChI is InChI=1S/C16H17FN2O3/c17-12-3-5-13(6-4-12)18-7-9-19(10-8-18)15(16(20)21)14-2-1-11-22-14/h1-6,11,15H,7-10H2,(H,20,21)/t15-/m1/s1. The summed E-state index contributed by atoms with van der Waals surface area (Å²) < 4.78 is 18.2. The van der Waals surface area contributed by atoms with Crippen molar-refractivity contribution >= 4 is 11.7 Å². The van der Waals surface area contributed by atoms with Crippen LogP contribution in [-0.2, 0) is 4.79 Å². The van der Waals surface area contributed by atoms with Gasteiger partial charge in [0.1, 0.15) is 11.6 Å². The highest BCUT2D eigenvalue weighted by Crippen LogP contribution is 2.25. The quantitative estimate of drug-likeness (QED) is 0.940. The average molecular weight is 304 g/mol. The minimum Gasteiger partial charge on any atom is -0.480 e. The Hall–Kier alpha value is -2.34. The van der Waals surface area contributed by atoms with E-state index in [0.29, 0.717) is 31.9 Å². The number of halogens is 1. The van der Waals surface area contributed by atoms with E-state index in [1.807, 2.05) is 4.90 Å². The van der Waals surface area contributed by atoms with Gasteiger partial charge in [0, 0.05) is 31.9 Å². The Morgan fingerprint density at radius 3 is 2.36 bits per heavy atom. The summed E-state index contributed by atoms with van der Waals surface area (Å²) in [6.07, 6.45) is 1.49. The summed E-state index contributed by atoms with van der Waals surface area (Å²) in [5.74, 6) is -0.723. The minimum absolute atomic E-state index is 0.258. The Labute approximate surface area is 127 Å². The summed E-state index contributed by atoms with van der Waals surface area (Å²) in [4.78, 5) is 15.5. The number of rotatable bonds is 4. The predicted octanol–water partition coefficient (Wildman–Crippen LogP) is 2.37. The van der Waals surface area contributed by atoms with Crippen molar-refractivity contribution < 1.29 is 18.7 Å². The second kappa shape index (κ2) is 6.19. The fraction of sp³-hybridized carbons (Fsp3) is 0.312. The molecule has 1 aliphatic rings. The highest BCUT2D eigenvalue weighted by molar-refractivity contribution is 5.74. The van der Waals surface area contributed by atoms with Gasteiger partial charge >= 0.3 is 5.97 Å². The number of benzene rings is 1. The Morgan fingerprint density at radius 2 is 1.82 bits per heavy atom. The third-order valence-electron chi connectivity index (χ3n) is 3.92. The fourth-order valence-corrected chi connectivity index (χ4v) is 2.79. The van der Waals surface area contributed by atoms with E-state index >= 15 is 0 Å². The highest BCUT2D eigenvalue weighted by Gasteiger charge is 2.32. The molecule has 116 valence electrons. The first-order chi connectivity index (χ1) is 10.6. The second-order valence-corrected chi connectivity index (χ2v) is 5.26. The average Bonchev–Trinajstić information content (AvgIpc) is 3.03. The van der Waals surface area contributed by atoms with Gasteiger partial charge in [-0.2, -0.15) is 0 Å². The van der Waals surface area contributed by atoms with Crippen molar-refractivity contribution in [3.8, 4) is 0 Å². The van der Waals surface area contributed by atoms with E-state index in [2.05, 4.69) is 4.90 Å². The summed E-state index contributed by atoms with van der Waals surface area (Å²) in [6, 6.07) is 8.98. The SMILES string of the molecule is O=C(O)[C@@H](c1ccco1)N1CCN(c2ccc(F)cc2)CC1. The molecule has 5 nitrogen and oxygen atoms in total. The lowest BCUT2D eigenvalue weighted by atomic mass is 10.1. The first-order valence-electron chi connectivity index (χ1n) is 7.16. The van der Waals surface area contributed by atoms with Crippen LogP contribution in [0.3, 0.4) is 0 Å². The van der Waals surface area contributed by atoms with Crippen molar-refractivity contribution in [1.29, 1.82) is 0 Å². The molecule has 1 atom stereocenters. The topological polar surface area (TPSA) is 56.9 Å². The molecule has 3 rings (SSSR count). The van der Waals surface area contributed by atoms with Gasteiger partial charge in [-0.3, -0.25) is 9.69 Å². The van der Waals surface area contributed by atoms with Gasteiger partial charge in [-0.15, -0.1) is 0 Å². The largest absolute Gasteiger partial charge is 0.480 e. The Bertz CT molecular complexity index is 619. The van der Waals surface area contributed by atoms with Crippen LogP contribution in [0.15, 0.2) is 47.1 Å². The van der Waals surface area contributed by atoms with Gasteiger partial charge in [-0.1, -0.05) is 0 Å². The van der Waals surface area contributed by atoms with E-state index in [9.17, 15) is 14.3 Å². The molecule has 2 heterocycles. The number of nitrogens with zero attached hydrogens (tertiary/aromatic N) is 2. The molecule has 1 N–H and O–H groups in total. The lowest BCUT2D eigenvalue weighted by Gasteiger charge is -2.38. The molecule has 0 aliphatic carbocycles. The van der Waals surface area contributed by atoms with E-state index in [-0.39, 0.29) is 5.82 Å². The number of carbonyl (C=O) groups is 1. The number of carboxylic acids is 1. The first kappa shape index (κ1) is 14.6. The van der Waals surface area contributed by atoms with Gasteiger partial charge in [0.05, 0.1) is 6.26 Å². The van der Waals surface area contributed by atoms with Crippen LogP contribution in [0.2, 0.25) is 0 Å². The van der Waals surface area contributed by atoms with Gasteiger partial charge in [0.25, 0.3) is 0 Å². The van der Waals surface area contributed by atoms with Crippen LogP contribution in [0.5, 0.6) is 0 Å². The molecule has 22 heavy (non-hydrogen) atoms. The van der Waals surface area contributed by atoms with Gasteiger partial charge in [-0.25, -0.2) is 4.39 Å². The summed E-state index contributed by atoms with van der Waals surface area (Å²) in [5.41, 5.74) is 0.950. The van der Waals surface area contributed by atoms with Crippen molar-refractivity contribution in [3.05, 3.63) is 54.2 Å². The maximum Gasteiger partial charge on any atom is 0.328 e. The molecule has 1 aromatic carbocycles. The molecule has 2 aromatic rings. The van der Waals surface area contributed by atoms with Crippen LogP contribution < -0.4 is 4.90 Å². The molecule has 6 heteroatoms. The number of hydrogen-bond donors (Lipinski definition) is 1. The number of furan rings is 1. The van der Waals surface area contributed by atoms with Gasteiger partial charge in [-0.05, 0) is 36.4 Å². The van der Waals surface area contributed by atoms with Crippen molar-refractivity contribution in [1.82, 2.24) is 4.90 Å². The number of aliphatic carboxylic acids is 1. The normalized spacial score (nSPS) is 17.4. The molecule has 0 unspecified atom stereocenters. The van der Waals surface area contributed by atoms with Crippen LogP contribution >= 0.6 is 0 Å². The number of anilines is 1. The van der Waals surface area contributed by atoms with Gasteiger partial charge < -0.3 is 14.4 Å². The van der Waals surface area contributed by atoms with Crippen LogP contribution in [0.4, 0.5) is 10.1 Å². The number of carboxylic acid groups (broad SMARTS) is 1. The van der Waals surface area contributed by atoms with E-state index < -0.39 is 12.0 Å². The molecule has 0 saturated carbocycles. The monoisotopic (exact) mass is 304 g/mol. The Balaban J connectivity index is 1.68. The zero-order chi connectivity index (χ0) is 15.5. The molecule has 1 aliphatic heterocycles. The van der Waals surface area contributed by atoms with Crippen LogP contribution in [0.1, 0.15) is 11.8 Å². The molecule has 1 aromatic heterocycles. The molecule has 0 radical (unpaired) electrons. The molecular formula is C16H17FN2O3. The maximum absolute atomic E-state index is 13.0.